The highest BCUT2D eigenvalue weighted by Gasteiger charge is 2.25. The Hall–Kier alpha value is -1.26. The number of likely N-dealkylation sites (tertiary alicyclic amines) is 1. The van der Waals surface area contributed by atoms with Crippen molar-refractivity contribution < 1.29 is 9.53 Å². The van der Waals surface area contributed by atoms with Crippen LogP contribution in [0.3, 0.4) is 0 Å². The summed E-state index contributed by atoms with van der Waals surface area (Å²) >= 11 is 0. The average molecular weight is 271 g/mol. The van der Waals surface area contributed by atoms with Gasteiger partial charge in [-0.25, -0.2) is 0 Å². The fraction of sp³-hybridized carbons (Fsp3) is 0.462. The summed E-state index contributed by atoms with van der Waals surface area (Å²) in [5, 5.41) is 0. The molecule has 0 aliphatic carbocycles. The number of carbonyl (C=O) groups excluding carboxylic acids is 1. The van der Waals surface area contributed by atoms with Crippen molar-refractivity contribution in [2.45, 2.75) is 6.42 Å². The van der Waals surface area contributed by atoms with E-state index in [4.69, 9.17) is 10.5 Å². The number of amides is 1. The third kappa shape index (κ3) is 3.15. The van der Waals surface area contributed by atoms with Gasteiger partial charge in [-0.2, -0.15) is 0 Å². The first-order chi connectivity index (χ1) is 8.24. The second-order valence-electron chi connectivity index (χ2n) is 4.37. The molecule has 1 saturated heterocycles. The highest BCUT2D eigenvalue weighted by molar-refractivity contribution is 5.94. The normalized spacial score (nSPS) is 18.3. The van der Waals surface area contributed by atoms with E-state index in [0.717, 1.165) is 19.5 Å². The number of benzene rings is 1. The third-order valence-corrected chi connectivity index (χ3v) is 3.22. The summed E-state index contributed by atoms with van der Waals surface area (Å²) in [5.41, 5.74) is 6.30. The van der Waals surface area contributed by atoms with Gasteiger partial charge in [-0.05, 0) is 37.1 Å². The van der Waals surface area contributed by atoms with Crippen LogP contribution in [0.2, 0.25) is 0 Å². The van der Waals surface area contributed by atoms with Gasteiger partial charge in [-0.15, -0.1) is 12.4 Å². The largest absolute Gasteiger partial charge is 0.497 e. The SMILES string of the molecule is COc1cccc(C(=O)N2CCC(CN)C2)c1.Cl. The van der Waals surface area contributed by atoms with Crippen molar-refractivity contribution in [3.63, 3.8) is 0 Å². The lowest BCUT2D eigenvalue weighted by atomic mass is 10.1. The van der Waals surface area contributed by atoms with Crippen LogP contribution >= 0.6 is 12.4 Å². The Kier molecular flexibility index (Phi) is 5.44. The molecule has 1 aliphatic heterocycles. The molecule has 0 saturated carbocycles. The molecule has 18 heavy (non-hydrogen) atoms. The van der Waals surface area contributed by atoms with E-state index in [-0.39, 0.29) is 18.3 Å². The maximum Gasteiger partial charge on any atom is 0.253 e. The predicted molar refractivity (Wildman–Crippen MR) is 73.3 cm³/mol. The molecule has 1 aliphatic rings. The fourth-order valence-corrected chi connectivity index (χ4v) is 2.15. The molecule has 1 amide bonds. The first-order valence-corrected chi connectivity index (χ1v) is 5.88. The van der Waals surface area contributed by atoms with Gasteiger partial charge in [0.25, 0.3) is 5.91 Å². The van der Waals surface area contributed by atoms with Crippen molar-refractivity contribution in [3.05, 3.63) is 29.8 Å². The standard InChI is InChI=1S/C13H18N2O2.ClH/c1-17-12-4-2-3-11(7-12)13(16)15-6-5-10(8-14)9-15;/h2-4,7,10H,5-6,8-9,14H2,1H3;1H. The molecule has 2 N–H and O–H groups in total. The van der Waals surface area contributed by atoms with Crippen LogP contribution in [0.1, 0.15) is 16.8 Å². The molecule has 1 atom stereocenters. The topological polar surface area (TPSA) is 55.6 Å². The Balaban J connectivity index is 0.00000162. The molecule has 4 nitrogen and oxygen atoms in total. The van der Waals surface area contributed by atoms with Gasteiger partial charge < -0.3 is 15.4 Å². The lowest BCUT2D eigenvalue weighted by Gasteiger charge is -2.16. The molecule has 5 heteroatoms. The summed E-state index contributed by atoms with van der Waals surface area (Å²) in [6.45, 7) is 2.23. The van der Waals surface area contributed by atoms with E-state index in [0.29, 0.717) is 23.8 Å². The number of carbonyl (C=O) groups is 1. The average Bonchev–Trinajstić information content (AvgIpc) is 2.86. The number of nitrogens with two attached hydrogens (primary N) is 1. The molecule has 1 fully saturated rings. The molecule has 2 rings (SSSR count). The van der Waals surface area contributed by atoms with Crippen LogP contribution in [-0.4, -0.2) is 37.6 Å². The number of halogens is 1. The van der Waals surface area contributed by atoms with E-state index in [1.54, 1.807) is 13.2 Å². The van der Waals surface area contributed by atoms with Crippen LogP contribution in [0, 0.1) is 5.92 Å². The summed E-state index contributed by atoms with van der Waals surface area (Å²) < 4.78 is 5.12. The molecule has 0 bridgehead atoms. The number of nitrogens with zero attached hydrogens (tertiary/aromatic N) is 1. The Bertz CT molecular complexity index is 412. The van der Waals surface area contributed by atoms with Crippen molar-refractivity contribution in [1.29, 1.82) is 0 Å². The maximum atomic E-state index is 12.2. The van der Waals surface area contributed by atoms with E-state index in [1.165, 1.54) is 0 Å². The van der Waals surface area contributed by atoms with Gasteiger partial charge in [0.15, 0.2) is 0 Å². The number of rotatable bonds is 3. The quantitative estimate of drug-likeness (QED) is 0.906. The van der Waals surface area contributed by atoms with Crippen molar-refractivity contribution >= 4 is 18.3 Å². The van der Waals surface area contributed by atoms with Crippen LogP contribution in [0.25, 0.3) is 0 Å². The van der Waals surface area contributed by atoms with Gasteiger partial charge in [0, 0.05) is 18.7 Å². The fourth-order valence-electron chi connectivity index (χ4n) is 2.15. The highest BCUT2D eigenvalue weighted by Crippen LogP contribution is 2.19. The molecule has 1 heterocycles. The van der Waals surface area contributed by atoms with E-state index in [2.05, 4.69) is 0 Å². The maximum absolute atomic E-state index is 12.2. The van der Waals surface area contributed by atoms with E-state index < -0.39 is 0 Å². The minimum absolute atomic E-state index is 0. The summed E-state index contributed by atoms with van der Waals surface area (Å²) in [6.07, 6.45) is 1.01. The molecular weight excluding hydrogens is 252 g/mol. The zero-order valence-electron chi connectivity index (χ0n) is 10.5. The minimum atomic E-state index is 0. The Morgan fingerprint density at radius 2 is 2.33 bits per heavy atom. The van der Waals surface area contributed by atoms with Crippen molar-refractivity contribution in [3.8, 4) is 5.75 Å². The summed E-state index contributed by atoms with van der Waals surface area (Å²) in [5.74, 6) is 1.23. The van der Waals surface area contributed by atoms with Crippen molar-refractivity contribution in [1.82, 2.24) is 4.90 Å². The van der Waals surface area contributed by atoms with Crippen molar-refractivity contribution in [2.75, 3.05) is 26.7 Å². The van der Waals surface area contributed by atoms with Crippen LogP contribution in [0.4, 0.5) is 0 Å². The lowest BCUT2D eigenvalue weighted by Crippen LogP contribution is -2.29. The van der Waals surface area contributed by atoms with Crippen LogP contribution in [0.5, 0.6) is 5.75 Å². The molecule has 0 radical (unpaired) electrons. The highest BCUT2D eigenvalue weighted by atomic mass is 35.5. The second-order valence-corrected chi connectivity index (χ2v) is 4.37. The summed E-state index contributed by atoms with van der Waals surface area (Å²) in [7, 11) is 1.60. The monoisotopic (exact) mass is 270 g/mol. The van der Waals surface area contributed by atoms with Gasteiger partial charge in [0.1, 0.15) is 5.75 Å². The van der Waals surface area contributed by atoms with E-state index in [9.17, 15) is 4.79 Å². The zero-order valence-corrected chi connectivity index (χ0v) is 11.3. The zero-order chi connectivity index (χ0) is 12.3. The number of ether oxygens (including phenoxy) is 1. The molecule has 1 aromatic rings. The van der Waals surface area contributed by atoms with Crippen LogP contribution < -0.4 is 10.5 Å². The van der Waals surface area contributed by atoms with Gasteiger partial charge in [0.05, 0.1) is 7.11 Å². The molecule has 0 aromatic heterocycles. The molecule has 1 aromatic carbocycles. The number of hydrogen-bond acceptors (Lipinski definition) is 3. The number of hydrogen-bond donors (Lipinski definition) is 1. The molecular formula is C13H19ClN2O2. The molecule has 100 valence electrons. The summed E-state index contributed by atoms with van der Waals surface area (Å²) in [6, 6.07) is 7.27. The predicted octanol–water partition coefficient (Wildman–Crippen LogP) is 1.54. The van der Waals surface area contributed by atoms with Gasteiger partial charge >= 0.3 is 0 Å². The van der Waals surface area contributed by atoms with E-state index >= 15 is 0 Å². The van der Waals surface area contributed by atoms with Crippen LogP contribution in [-0.2, 0) is 0 Å². The molecule has 0 spiro atoms. The van der Waals surface area contributed by atoms with Gasteiger partial charge in [-0.3, -0.25) is 4.79 Å². The Morgan fingerprint density at radius 3 is 2.94 bits per heavy atom. The first kappa shape index (κ1) is 14.8. The van der Waals surface area contributed by atoms with Crippen molar-refractivity contribution in [2.24, 2.45) is 11.7 Å². The molecule has 1 unspecified atom stereocenters. The second kappa shape index (κ2) is 6.61. The minimum Gasteiger partial charge on any atom is -0.497 e. The third-order valence-electron chi connectivity index (χ3n) is 3.22. The number of methoxy groups -OCH3 is 1. The van der Waals surface area contributed by atoms with Gasteiger partial charge in [-0.1, -0.05) is 6.07 Å². The van der Waals surface area contributed by atoms with Crippen LogP contribution in [0.15, 0.2) is 24.3 Å². The first-order valence-electron chi connectivity index (χ1n) is 5.88. The summed E-state index contributed by atoms with van der Waals surface area (Å²) in [4.78, 5) is 14.1. The smallest absolute Gasteiger partial charge is 0.253 e. The Morgan fingerprint density at radius 1 is 1.56 bits per heavy atom. The van der Waals surface area contributed by atoms with E-state index in [1.807, 2.05) is 23.1 Å². The Labute approximate surface area is 114 Å². The lowest BCUT2D eigenvalue weighted by molar-refractivity contribution is 0.0787. The van der Waals surface area contributed by atoms with Gasteiger partial charge in [0.2, 0.25) is 0 Å².